The molecule has 1 aliphatic carbocycles. The third kappa shape index (κ3) is 2.28. The normalized spacial score (nSPS) is 21.5. The summed E-state index contributed by atoms with van der Waals surface area (Å²) in [5.74, 6) is 0.836. The number of hydrogen-bond acceptors (Lipinski definition) is 2. The van der Waals surface area contributed by atoms with Crippen molar-refractivity contribution in [2.45, 2.75) is 46.5 Å². The average molecular weight is 288 g/mol. The lowest BCUT2D eigenvalue weighted by molar-refractivity contribution is 0.183. The van der Waals surface area contributed by atoms with E-state index < -0.39 is 0 Å². The van der Waals surface area contributed by atoms with Crippen LogP contribution in [0, 0.1) is 11.3 Å². The summed E-state index contributed by atoms with van der Waals surface area (Å²) in [6, 6.07) is 0. The number of thiazole rings is 1. The van der Waals surface area contributed by atoms with Crippen molar-refractivity contribution in [1.82, 2.24) is 4.98 Å². The predicted octanol–water partition coefficient (Wildman–Crippen LogP) is 4.45. The maximum absolute atomic E-state index is 4.53. The number of hydrogen-bond donors (Lipinski definition) is 0. The second-order valence-electron chi connectivity index (χ2n) is 5.12. The van der Waals surface area contributed by atoms with Gasteiger partial charge in [0, 0.05) is 4.88 Å². The van der Waals surface area contributed by atoms with Gasteiger partial charge in [-0.2, -0.15) is 0 Å². The number of aromatic nitrogens is 1. The molecule has 0 amide bonds. The van der Waals surface area contributed by atoms with Gasteiger partial charge in [0.2, 0.25) is 0 Å². The van der Waals surface area contributed by atoms with Crippen LogP contribution in [0.4, 0.5) is 0 Å². The van der Waals surface area contributed by atoms with Crippen molar-refractivity contribution in [3.8, 4) is 0 Å². The molecule has 84 valence electrons. The van der Waals surface area contributed by atoms with Gasteiger partial charge in [-0.3, -0.25) is 0 Å². The zero-order valence-electron chi connectivity index (χ0n) is 9.64. The maximum Gasteiger partial charge on any atom is 0.159 e. The molecule has 1 heterocycles. The highest BCUT2D eigenvalue weighted by Gasteiger charge is 2.32. The minimum Gasteiger partial charge on any atom is -0.234 e. The van der Waals surface area contributed by atoms with E-state index in [1.54, 1.807) is 0 Å². The van der Waals surface area contributed by atoms with Crippen molar-refractivity contribution in [1.29, 1.82) is 0 Å². The summed E-state index contributed by atoms with van der Waals surface area (Å²) in [7, 11) is 0. The standard InChI is InChI=1S/C12H18BrNS/c1-4-12(2,3)8-5-6-9-10(7-8)15-11(13)14-9/h8H,4-7H2,1-3H3. The van der Waals surface area contributed by atoms with E-state index in [-0.39, 0.29) is 0 Å². The first-order chi connectivity index (χ1) is 7.03. The lowest BCUT2D eigenvalue weighted by atomic mass is 9.70. The van der Waals surface area contributed by atoms with Crippen molar-refractivity contribution in [3.05, 3.63) is 14.5 Å². The Kier molecular flexibility index (Phi) is 3.22. The molecule has 3 heteroatoms. The summed E-state index contributed by atoms with van der Waals surface area (Å²) in [4.78, 5) is 6.04. The quantitative estimate of drug-likeness (QED) is 0.783. The molecule has 15 heavy (non-hydrogen) atoms. The number of aryl methyl sites for hydroxylation is 1. The van der Waals surface area contributed by atoms with Crippen LogP contribution in [-0.4, -0.2) is 4.98 Å². The van der Waals surface area contributed by atoms with Crippen molar-refractivity contribution >= 4 is 27.3 Å². The highest BCUT2D eigenvalue weighted by atomic mass is 79.9. The monoisotopic (exact) mass is 287 g/mol. The maximum atomic E-state index is 4.53. The molecule has 1 aromatic rings. The Labute approximate surface area is 104 Å². The molecule has 0 N–H and O–H groups in total. The van der Waals surface area contributed by atoms with Gasteiger partial charge < -0.3 is 0 Å². The van der Waals surface area contributed by atoms with Gasteiger partial charge in [0.25, 0.3) is 0 Å². The van der Waals surface area contributed by atoms with Crippen LogP contribution in [0.15, 0.2) is 3.92 Å². The van der Waals surface area contributed by atoms with Crippen molar-refractivity contribution < 1.29 is 0 Å². The molecule has 0 bridgehead atoms. The summed E-state index contributed by atoms with van der Waals surface area (Å²) in [6.07, 6.45) is 4.99. The van der Waals surface area contributed by atoms with Gasteiger partial charge in [-0.25, -0.2) is 4.98 Å². The molecular formula is C12H18BrNS. The Bertz CT molecular complexity index is 357. The van der Waals surface area contributed by atoms with Crippen LogP contribution in [0.2, 0.25) is 0 Å². The van der Waals surface area contributed by atoms with Crippen LogP contribution in [0.3, 0.4) is 0 Å². The molecular weight excluding hydrogens is 270 g/mol. The van der Waals surface area contributed by atoms with E-state index in [2.05, 4.69) is 41.7 Å². The summed E-state index contributed by atoms with van der Waals surface area (Å²) in [5, 5.41) is 0. The summed E-state index contributed by atoms with van der Waals surface area (Å²) >= 11 is 5.31. The van der Waals surface area contributed by atoms with Crippen LogP contribution in [-0.2, 0) is 12.8 Å². The fraction of sp³-hybridized carbons (Fsp3) is 0.750. The second kappa shape index (κ2) is 4.17. The fourth-order valence-corrected chi connectivity index (χ4v) is 4.01. The average Bonchev–Trinajstić information content (AvgIpc) is 2.56. The van der Waals surface area contributed by atoms with Gasteiger partial charge in [-0.05, 0) is 46.5 Å². The Morgan fingerprint density at radius 3 is 2.93 bits per heavy atom. The van der Waals surface area contributed by atoms with E-state index in [1.165, 1.54) is 36.3 Å². The molecule has 1 aliphatic rings. The van der Waals surface area contributed by atoms with Gasteiger partial charge in [0.1, 0.15) is 0 Å². The topological polar surface area (TPSA) is 12.9 Å². The number of fused-ring (bicyclic) bond motifs is 1. The summed E-state index contributed by atoms with van der Waals surface area (Å²) in [5.41, 5.74) is 1.82. The van der Waals surface area contributed by atoms with E-state index in [4.69, 9.17) is 0 Å². The van der Waals surface area contributed by atoms with E-state index in [0.29, 0.717) is 5.41 Å². The number of halogens is 1. The summed E-state index contributed by atoms with van der Waals surface area (Å²) in [6.45, 7) is 7.11. The zero-order valence-corrected chi connectivity index (χ0v) is 12.0. The molecule has 0 fully saturated rings. The lowest BCUT2D eigenvalue weighted by Crippen LogP contribution is -2.28. The van der Waals surface area contributed by atoms with Gasteiger partial charge in [0.15, 0.2) is 3.92 Å². The second-order valence-corrected chi connectivity index (χ2v) is 7.48. The van der Waals surface area contributed by atoms with Crippen LogP contribution in [0.25, 0.3) is 0 Å². The minimum absolute atomic E-state index is 0.480. The van der Waals surface area contributed by atoms with Gasteiger partial charge in [-0.15, -0.1) is 11.3 Å². The smallest absolute Gasteiger partial charge is 0.159 e. The third-order valence-corrected chi connectivity index (χ3v) is 5.50. The first-order valence-corrected chi connectivity index (χ1v) is 7.28. The van der Waals surface area contributed by atoms with Crippen LogP contribution in [0.1, 0.15) is 44.2 Å². The van der Waals surface area contributed by atoms with Crippen molar-refractivity contribution in [2.24, 2.45) is 11.3 Å². The van der Waals surface area contributed by atoms with Crippen LogP contribution < -0.4 is 0 Å². The Hall–Kier alpha value is 0.110. The molecule has 1 aromatic heterocycles. The zero-order chi connectivity index (χ0) is 11.1. The number of nitrogens with zero attached hydrogens (tertiary/aromatic N) is 1. The molecule has 0 saturated carbocycles. The van der Waals surface area contributed by atoms with Crippen LogP contribution in [0.5, 0.6) is 0 Å². The molecule has 0 saturated heterocycles. The van der Waals surface area contributed by atoms with Crippen molar-refractivity contribution in [2.75, 3.05) is 0 Å². The molecule has 0 radical (unpaired) electrons. The van der Waals surface area contributed by atoms with Gasteiger partial charge >= 0.3 is 0 Å². The molecule has 2 rings (SSSR count). The van der Waals surface area contributed by atoms with E-state index >= 15 is 0 Å². The first-order valence-electron chi connectivity index (χ1n) is 5.67. The largest absolute Gasteiger partial charge is 0.234 e. The lowest BCUT2D eigenvalue weighted by Gasteiger charge is -2.35. The van der Waals surface area contributed by atoms with E-state index in [9.17, 15) is 0 Å². The molecule has 1 unspecified atom stereocenters. The highest BCUT2D eigenvalue weighted by molar-refractivity contribution is 9.11. The first kappa shape index (κ1) is 11.6. The molecule has 1 atom stereocenters. The SMILES string of the molecule is CCC(C)(C)C1CCc2nc(Br)sc2C1. The molecule has 0 aliphatic heterocycles. The van der Waals surface area contributed by atoms with Gasteiger partial charge in [-0.1, -0.05) is 27.2 Å². The van der Waals surface area contributed by atoms with Crippen LogP contribution >= 0.6 is 27.3 Å². The highest BCUT2D eigenvalue weighted by Crippen LogP contribution is 2.41. The van der Waals surface area contributed by atoms with E-state index in [1.807, 2.05) is 11.3 Å². The van der Waals surface area contributed by atoms with Gasteiger partial charge in [0.05, 0.1) is 5.69 Å². The third-order valence-electron chi connectivity index (χ3n) is 3.93. The van der Waals surface area contributed by atoms with E-state index in [0.717, 1.165) is 9.83 Å². The Morgan fingerprint density at radius 2 is 2.27 bits per heavy atom. The predicted molar refractivity (Wildman–Crippen MR) is 69.4 cm³/mol. The minimum atomic E-state index is 0.480. The Balaban J connectivity index is 2.18. The molecule has 0 spiro atoms. The number of rotatable bonds is 2. The summed E-state index contributed by atoms with van der Waals surface area (Å²) < 4.78 is 1.06. The molecule has 1 nitrogen and oxygen atoms in total. The molecule has 0 aromatic carbocycles. The fourth-order valence-electron chi connectivity index (χ4n) is 2.30. The Morgan fingerprint density at radius 1 is 1.53 bits per heavy atom. The van der Waals surface area contributed by atoms with Crippen molar-refractivity contribution in [3.63, 3.8) is 0 Å².